The van der Waals surface area contributed by atoms with E-state index in [-0.39, 0.29) is 5.56 Å². The van der Waals surface area contributed by atoms with Crippen LogP contribution >= 0.6 is 11.3 Å². The molecule has 0 atom stereocenters. The Morgan fingerprint density at radius 3 is 2.60 bits per heavy atom. The Bertz CT molecular complexity index is 1000. The maximum absolute atomic E-state index is 14.3. The van der Waals surface area contributed by atoms with E-state index >= 15 is 0 Å². The number of hydrogen-bond donors (Lipinski definition) is 0. The van der Waals surface area contributed by atoms with Gasteiger partial charge in [0, 0.05) is 25.0 Å². The molecule has 1 fully saturated rings. The molecular formula is C20H23FN2O5S2. The summed E-state index contributed by atoms with van der Waals surface area (Å²) in [5.41, 5.74) is -0.124. The van der Waals surface area contributed by atoms with Gasteiger partial charge in [0.15, 0.2) is 6.61 Å². The molecule has 1 aliphatic rings. The van der Waals surface area contributed by atoms with E-state index in [9.17, 15) is 22.4 Å². The largest absolute Gasteiger partial charge is 0.452 e. The summed E-state index contributed by atoms with van der Waals surface area (Å²) in [4.78, 5) is 26.4. The number of ether oxygens (including phenoxy) is 1. The molecule has 10 heteroatoms. The number of amides is 1. The molecule has 0 saturated carbocycles. The predicted octanol–water partition coefficient (Wildman–Crippen LogP) is 2.88. The molecule has 162 valence electrons. The van der Waals surface area contributed by atoms with Crippen molar-refractivity contribution in [2.45, 2.75) is 30.7 Å². The quantitative estimate of drug-likeness (QED) is 0.601. The molecule has 0 aliphatic carbocycles. The minimum atomic E-state index is -4.05. The number of carbonyl (C=O) groups excluding carboxylic acids is 2. The van der Waals surface area contributed by atoms with Gasteiger partial charge in [-0.05, 0) is 42.5 Å². The van der Waals surface area contributed by atoms with Crippen LogP contribution in [0.3, 0.4) is 0 Å². The number of piperidine rings is 1. The Morgan fingerprint density at radius 2 is 1.93 bits per heavy atom. The first kappa shape index (κ1) is 22.4. The van der Waals surface area contributed by atoms with Crippen LogP contribution in [-0.2, 0) is 26.1 Å². The number of sulfonamides is 1. The topological polar surface area (TPSA) is 84.0 Å². The van der Waals surface area contributed by atoms with E-state index < -0.39 is 39.2 Å². The molecule has 3 rings (SSSR count). The zero-order chi connectivity index (χ0) is 21.7. The average molecular weight is 455 g/mol. The number of thiophene rings is 1. The SMILES string of the molecule is CN(Cc1cccs1)C(=O)COC(=O)c1ccc(F)c(S(=O)(=O)N2CCCCC2)c1. The first-order chi connectivity index (χ1) is 14.3. The van der Waals surface area contributed by atoms with Gasteiger partial charge in [-0.3, -0.25) is 4.79 Å². The van der Waals surface area contributed by atoms with Gasteiger partial charge in [-0.2, -0.15) is 4.31 Å². The third kappa shape index (κ3) is 5.24. The fourth-order valence-corrected chi connectivity index (χ4v) is 5.48. The van der Waals surface area contributed by atoms with Crippen molar-refractivity contribution in [1.82, 2.24) is 9.21 Å². The fourth-order valence-electron chi connectivity index (χ4n) is 3.12. The summed E-state index contributed by atoms with van der Waals surface area (Å²) in [6, 6.07) is 6.82. The Balaban J connectivity index is 1.66. The third-order valence-corrected chi connectivity index (χ3v) is 7.60. The highest BCUT2D eigenvalue weighted by atomic mass is 32.2. The Hall–Kier alpha value is -2.30. The van der Waals surface area contributed by atoms with Crippen LogP contribution in [0, 0.1) is 5.82 Å². The van der Waals surface area contributed by atoms with Crippen LogP contribution in [0.1, 0.15) is 34.5 Å². The molecule has 0 bridgehead atoms. The van der Waals surface area contributed by atoms with Gasteiger partial charge in [-0.25, -0.2) is 17.6 Å². The minimum Gasteiger partial charge on any atom is -0.452 e. The van der Waals surface area contributed by atoms with Gasteiger partial charge in [0.1, 0.15) is 10.7 Å². The first-order valence-corrected chi connectivity index (χ1v) is 11.8. The molecule has 0 radical (unpaired) electrons. The lowest BCUT2D eigenvalue weighted by molar-refractivity contribution is -0.133. The van der Waals surface area contributed by atoms with E-state index in [4.69, 9.17) is 4.74 Å². The van der Waals surface area contributed by atoms with Crippen LogP contribution in [0.15, 0.2) is 40.6 Å². The molecule has 2 aromatic rings. The highest BCUT2D eigenvalue weighted by Gasteiger charge is 2.29. The Labute approximate surface area is 179 Å². The molecule has 1 aromatic heterocycles. The van der Waals surface area contributed by atoms with Crippen molar-refractivity contribution in [3.8, 4) is 0 Å². The molecule has 2 heterocycles. The van der Waals surface area contributed by atoms with Crippen molar-refractivity contribution in [3.05, 3.63) is 52.0 Å². The normalized spacial score (nSPS) is 15.0. The minimum absolute atomic E-state index is 0.124. The van der Waals surface area contributed by atoms with Gasteiger partial charge in [-0.15, -0.1) is 11.3 Å². The molecule has 1 aromatic carbocycles. The lowest BCUT2D eigenvalue weighted by atomic mass is 10.2. The van der Waals surface area contributed by atoms with E-state index in [2.05, 4.69) is 0 Å². The molecule has 0 spiro atoms. The van der Waals surface area contributed by atoms with Gasteiger partial charge in [-0.1, -0.05) is 12.5 Å². The maximum Gasteiger partial charge on any atom is 0.338 e. The van der Waals surface area contributed by atoms with Crippen molar-refractivity contribution < 1.29 is 27.1 Å². The summed E-state index contributed by atoms with van der Waals surface area (Å²) < 4.78 is 46.0. The first-order valence-electron chi connectivity index (χ1n) is 9.52. The maximum atomic E-state index is 14.3. The lowest BCUT2D eigenvalue weighted by Gasteiger charge is -2.26. The van der Waals surface area contributed by atoms with Crippen molar-refractivity contribution in [3.63, 3.8) is 0 Å². The summed E-state index contributed by atoms with van der Waals surface area (Å²) in [7, 11) is -2.45. The summed E-state index contributed by atoms with van der Waals surface area (Å²) >= 11 is 1.51. The second kappa shape index (κ2) is 9.67. The molecular weight excluding hydrogens is 431 g/mol. The number of carbonyl (C=O) groups is 2. The van der Waals surface area contributed by atoms with Crippen LogP contribution in [0.5, 0.6) is 0 Å². The highest BCUT2D eigenvalue weighted by Crippen LogP contribution is 2.24. The predicted molar refractivity (Wildman–Crippen MR) is 110 cm³/mol. The second-order valence-electron chi connectivity index (χ2n) is 7.02. The van der Waals surface area contributed by atoms with Crippen molar-refractivity contribution >= 4 is 33.2 Å². The van der Waals surface area contributed by atoms with E-state index in [1.54, 1.807) is 7.05 Å². The lowest BCUT2D eigenvalue weighted by Crippen LogP contribution is -2.36. The van der Waals surface area contributed by atoms with E-state index in [0.29, 0.717) is 32.5 Å². The van der Waals surface area contributed by atoms with Gasteiger partial charge in [0.05, 0.1) is 12.1 Å². The van der Waals surface area contributed by atoms with Gasteiger partial charge >= 0.3 is 5.97 Å². The average Bonchev–Trinajstić information content (AvgIpc) is 3.25. The zero-order valence-electron chi connectivity index (χ0n) is 16.5. The highest BCUT2D eigenvalue weighted by molar-refractivity contribution is 7.89. The van der Waals surface area contributed by atoms with Crippen LogP contribution in [0.2, 0.25) is 0 Å². The van der Waals surface area contributed by atoms with E-state index in [1.165, 1.54) is 20.5 Å². The summed E-state index contributed by atoms with van der Waals surface area (Å²) in [5.74, 6) is -2.22. The smallest absolute Gasteiger partial charge is 0.338 e. The Morgan fingerprint density at radius 1 is 1.20 bits per heavy atom. The number of hydrogen-bond acceptors (Lipinski definition) is 6. The standard InChI is InChI=1S/C20H23FN2O5S2/c1-22(13-16-6-5-11-29-16)19(24)14-28-20(25)15-7-8-17(21)18(12-15)30(26,27)23-9-3-2-4-10-23/h5-8,11-12H,2-4,9-10,13-14H2,1H3. The molecule has 7 nitrogen and oxygen atoms in total. The van der Waals surface area contributed by atoms with Crippen molar-refractivity contribution in [1.29, 1.82) is 0 Å². The van der Waals surface area contributed by atoms with Gasteiger partial charge < -0.3 is 9.64 Å². The number of benzene rings is 1. The van der Waals surface area contributed by atoms with Crippen molar-refractivity contribution in [2.24, 2.45) is 0 Å². The van der Waals surface area contributed by atoms with Crippen LogP contribution < -0.4 is 0 Å². The summed E-state index contributed by atoms with van der Waals surface area (Å²) in [6.07, 6.45) is 2.35. The molecule has 0 N–H and O–H groups in total. The molecule has 1 saturated heterocycles. The summed E-state index contributed by atoms with van der Waals surface area (Å²) in [5, 5.41) is 1.90. The zero-order valence-corrected chi connectivity index (χ0v) is 18.2. The number of likely N-dealkylation sites (N-methyl/N-ethyl adjacent to an activating group) is 1. The third-order valence-electron chi connectivity index (χ3n) is 4.83. The molecule has 0 unspecified atom stereocenters. The van der Waals surface area contributed by atoms with Crippen LogP contribution in [0.25, 0.3) is 0 Å². The number of esters is 1. The summed E-state index contributed by atoms with van der Waals surface area (Å²) in [6.45, 7) is 0.540. The van der Waals surface area contributed by atoms with E-state index in [0.717, 1.165) is 29.5 Å². The monoisotopic (exact) mass is 454 g/mol. The number of rotatable bonds is 7. The Kier molecular flexibility index (Phi) is 7.22. The second-order valence-corrected chi connectivity index (χ2v) is 9.95. The van der Waals surface area contributed by atoms with Crippen LogP contribution in [0.4, 0.5) is 4.39 Å². The number of halogens is 1. The van der Waals surface area contributed by atoms with Gasteiger partial charge in [0.25, 0.3) is 5.91 Å². The van der Waals surface area contributed by atoms with Gasteiger partial charge in [0.2, 0.25) is 10.0 Å². The molecule has 1 aliphatic heterocycles. The fraction of sp³-hybridized carbons (Fsp3) is 0.400. The number of nitrogens with zero attached hydrogens (tertiary/aromatic N) is 2. The molecule has 30 heavy (non-hydrogen) atoms. The van der Waals surface area contributed by atoms with E-state index in [1.807, 2.05) is 17.5 Å². The molecule has 1 amide bonds. The van der Waals surface area contributed by atoms with Crippen LogP contribution in [-0.4, -0.2) is 56.2 Å². The van der Waals surface area contributed by atoms with Crippen molar-refractivity contribution in [2.75, 3.05) is 26.7 Å².